The van der Waals surface area contributed by atoms with Gasteiger partial charge in [-0.05, 0) is 61.3 Å². The minimum Gasteiger partial charge on any atom is -0.306 e. The number of nitrogens with zero attached hydrogens (tertiary/aromatic N) is 4. The zero-order valence-corrected chi connectivity index (χ0v) is 18.7. The van der Waals surface area contributed by atoms with Crippen molar-refractivity contribution < 1.29 is 0 Å². The third-order valence-electron chi connectivity index (χ3n) is 4.53. The molecule has 4 aromatic rings. The van der Waals surface area contributed by atoms with Crippen molar-refractivity contribution in [2.45, 2.75) is 44.6 Å². The molecule has 0 unspecified atom stereocenters. The topological polar surface area (TPSA) is 52.2 Å². The van der Waals surface area contributed by atoms with Crippen LogP contribution in [0.2, 0.25) is 0 Å². The minimum absolute atomic E-state index is 0.0496. The van der Waals surface area contributed by atoms with Crippen molar-refractivity contribution in [3.05, 3.63) is 55.5 Å². The molecular formula is C19H19BrN4OS2. The molecule has 0 aliphatic heterocycles. The summed E-state index contributed by atoms with van der Waals surface area (Å²) in [6.07, 6.45) is 4.00. The maximum Gasteiger partial charge on any atom is 0.263 e. The van der Waals surface area contributed by atoms with Gasteiger partial charge in [0.05, 0.1) is 11.1 Å². The van der Waals surface area contributed by atoms with Crippen molar-refractivity contribution in [1.29, 1.82) is 0 Å². The van der Waals surface area contributed by atoms with E-state index in [4.69, 9.17) is 4.98 Å². The highest BCUT2D eigenvalue weighted by Gasteiger charge is 2.18. The molecule has 140 valence electrons. The van der Waals surface area contributed by atoms with Crippen LogP contribution in [0.1, 0.15) is 36.0 Å². The number of thiophene rings is 1. The standard InChI is InChI=1S/C19H19BrN4OS2/c1-10(2)24-18(25)16-11(3)12(4)27-17(16)22-19(24)26-9-14-8-23-7-13(20)5-6-15(23)21-14/h5-8,10H,9H2,1-4H3. The van der Waals surface area contributed by atoms with E-state index in [1.54, 1.807) is 27.7 Å². The Labute approximate surface area is 173 Å². The van der Waals surface area contributed by atoms with Crippen molar-refractivity contribution >= 4 is 54.9 Å². The summed E-state index contributed by atoms with van der Waals surface area (Å²) in [6.45, 7) is 8.10. The van der Waals surface area contributed by atoms with Crippen molar-refractivity contribution in [3.63, 3.8) is 0 Å². The molecule has 5 nitrogen and oxygen atoms in total. The summed E-state index contributed by atoms with van der Waals surface area (Å²) >= 11 is 6.64. The number of hydrogen-bond acceptors (Lipinski definition) is 5. The highest BCUT2D eigenvalue weighted by molar-refractivity contribution is 9.10. The molecule has 0 aromatic carbocycles. The van der Waals surface area contributed by atoms with Gasteiger partial charge >= 0.3 is 0 Å². The Morgan fingerprint density at radius 3 is 2.74 bits per heavy atom. The molecule has 27 heavy (non-hydrogen) atoms. The van der Waals surface area contributed by atoms with Gasteiger partial charge in [-0.15, -0.1) is 11.3 Å². The molecule has 0 spiro atoms. The molecule has 0 amide bonds. The Morgan fingerprint density at radius 1 is 1.22 bits per heavy atom. The SMILES string of the molecule is Cc1sc2nc(SCc3cn4cc(Br)ccc4n3)n(C(C)C)c(=O)c2c1C. The second-order valence-corrected chi connectivity index (χ2v) is 9.82. The Morgan fingerprint density at radius 2 is 2.00 bits per heavy atom. The normalized spacial score (nSPS) is 11.9. The number of pyridine rings is 1. The number of imidazole rings is 1. The fraction of sp³-hybridized carbons (Fsp3) is 0.316. The molecule has 4 rings (SSSR count). The van der Waals surface area contributed by atoms with Crippen molar-refractivity contribution in [2.75, 3.05) is 0 Å². The molecule has 0 aliphatic carbocycles. The Hall–Kier alpha value is -1.64. The fourth-order valence-corrected chi connectivity index (χ4v) is 5.51. The molecule has 0 N–H and O–H groups in total. The average Bonchev–Trinajstić information content (AvgIpc) is 3.13. The zero-order chi connectivity index (χ0) is 19.3. The number of thioether (sulfide) groups is 1. The summed E-state index contributed by atoms with van der Waals surface area (Å²) in [7, 11) is 0. The number of aryl methyl sites for hydroxylation is 2. The quantitative estimate of drug-likeness (QED) is 0.302. The van der Waals surface area contributed by atoms with E-state index in [9.17, 15) is 4.79 Å². The lowest BCUT2D eigenvalue weighted by Gasteiger charge is -2.15. The van der Waals surface area contributed by atoms with Crippen molar-refractivity contribution in [2.24, 2.45) is 0 Å². The van der Waals surface area contributed by atoms with Crippen LogP contribution in [0.25, 0.3) is 15.9 Å². The molecule has 4 aromatic heterocycles. The monoisotopic (exact) mass is 462 g/mol. The summed E-state index contributed by atoms with van der Waals surface area (Å²) < 4.78 is 4.81. The highest BCUT2D eigenvalue weighted by Crippen LogP contribution is 2.30. The van der Waals surface area contributed by atoms with Crippen LogP contribution in [0.15, 0.2) is 39.0 Å². The average molecular weight is 463 g/mol. The molecule has 0 fully saturated rings. The molecule has 0 atom stereocenters. The lowest BCUT2D eigenvalue weighted by Crippen LogP contribution is -2.24. The predicted molar refractivity (Wildman–Crippen MR) is 116 cm³/mol. The van der Waals surface area contributed by atoms with E-state index in [-0.39, 0.29) is 11.6 Å². The first-order valence-electron chi connectivity index (χ1n) is 8.63. The lowest BCUT2D eigenvalue weighted by atomic mass is 10.2. The first-order valence-corrected chi connectivity index (χ1v) is 11.2. The molecule has 0 saturated carbocycles. The van der Waals surface area contributed by atoms with Crippen LogP contribution >= 0.6 is 39.0 Å². The first-order chi connectivity index (χ1) is 12.8. The van der Waals surface area contributed by atoms with Gasteiger partial charge in [-0.3, -0.25) is 9.36 Å². The van der Waals surface area contributed by atoms with Gasteiger partial charge in [-0.1, -0.05) is 11.8 Å². The Bertz CT molecular complexity index is 1220. The van der Waals surface area contributed by atoms with Gasteiger partial charge in [0, 0.05) is 33.5 Å². The number of aromatic nitrogens is 4. The Balaban J connectivity index is 1.73. The number of rotatable bonds is 4. The summed E-state index contributed by atoms with van der Waals surface area (Å²) in [5, 5.41) is 1.51. The molecule has 8 heteroatoms. The van der Waals surface area contributed by atoms with Crippen LogP contribution < -0.4 is 5.56 Å². The zero-order valence-electron chi connectivity index (χ0n) is 15.5. The highest BCUT2D eigenvalue weighted by atomic mass is 79.9. The largest absolute Gasteiger partial charge is 0.306 e. The van der Waals surface area contributed by atoms with Gasteiger partial charge in [0.15, 0.2) is 5.16 Å². The van der Waals surface area contributed by atoms with E-state index in [2.05, 4.69) is 20.9 Å². The number of fused-ring (bicyclic) bond motifs is 2. The van der Waals surface area contributed by atoms with Gasteiger partial charge in [-0.2, -0.15) is 0 Å². The van der Waals surface area contributed by atoms with E-state index in [0.29, 0.717) is 5.75 Å². The predicted octanol–water partition coefficient (Wildman–Crippen LogP) is 5.36. The van der Waals surface area contributed by atoms with E-state index < -0.39 is 0 Å². The van der Waals surface area contributed by atoms with Gasteiger partial charge in [0.25, 0.3) is 5.56 Å². The third-order valence-corrected chi connectivity index (χ3v) is 7.09. The molecule has 0 radical (unpaired) electrons. The van der Waals surface area contributed by atoms with Crippen LogP contribution in [-0.2, 0) is 5.75 Å². The summed E-state index contributed by atoms with van der Waals surface area (Å²) in [5.41, 5.74) is 2.96. The summed E-state index contributed by atoms with van der Waals surface area (Å²) in [6, 6.07) is 4.00. The molecule has 0 saturated heterocycles. The second-order valence-electron chi connectivity index (χ2n) is 6.76. The van der Waals surface area contributed by atoms with Crippen LogP contribution in [0, 0.1) is 13.8 Å². The molecular weight excluding hydrogens is 444 g/mol. The summed E-state index contributed by atoms with van der Waals surface area (Å²) in [4.78, 5) is 24.6. The van der Waals surface area contributed by atoms with Crippen LogP contribution in [-0.4, -0.2) is 18.9 Å². The fourth-order valence-electron chi connectivity index (χ4n) is 3.07. The number of halogens is 1. The maximum atomic E-state index is 13.1. The smallest absolute Gasteiger partial charge is 0.263 e. The van der Waals surface area contributed by atoms with E-state index in [0.717, 1.165) is 41.6 Å². The van der Waals surface area contributed by atoms with Crippen LogP contribution in [0.3, 0.4) is 0 Å². The minimum atomic E-state index is 0.0496. The van der Waals surface area contributed by atoms with Gasteiger partial charge in [-0.25, -0.2) is 9.97 Å². The van der Waals surface area contributed by atoms with Crippen LogP contribution in [0.4, 0.5) is 0 Å². The van der Waals surface area contributed by atoms with Crippen LogP contribution in [0.5, 0.6) is 0 Å². The van der Waals surface area contributed by atoms with Gasteiger partial charge < -0.3 is 4.40 Å². The van der Waals surface area contributed by atoms with Crippen molar-refractivity contribution in [1.82, 2.24) is 18.9 Å². The van der Waals surface area contributed by atoms with E-state index in [1.807, 2.05) is 56.6 Å². The van der Waals surface area contributed by atoms with E-state index >= 15 is 0 Å². The molecule has 4 heterocycles. The van der Waals surface area contributed by atoms with Gasteiger partial charge in [0.2, 0.25) is 0 Å². The second kappa shape index (κ2) is 7.07. The number of hydrogen-bond donors (Lipinski definition) is 0. The maximum absolute atomic E-state index is 13.1. The lowest BCUT2D eigenvalue weighted by molar-refractivity contribution is 0.519. The third kappa shape index (κ3) is 3.34. The first kappa shape index (κ1) is 18.7. The molecule has 0 aliphatic rings. The van der Waals surface area contributed by atoms with E-state index in [1.165, 1.54) is 0 Å². The molecule has 0 bridgehead atoms. The summed E-state index contributed by atoms with van der Waals surface area (Å²) in [5.74, 6) is 0.660. The van der Waals surface area contributed by atoms with Crippen molar-refractivity contribution in [3.8, 4) is 0 Å². The Kier molecular flexibility index (Phi) is 4.90. The van der Waals surface area contributed by atoms with Gasteiger partial charge in [0.1, 0.15) is 10.5 Å².